The van der Waals surface area contributed by atoms with E-state index >= 15 is 0 Å². The lowest BCUT2D eigenvalue weighted by atomic mass is 9.95. The first-order valence-electron chi connectivity index (χ1n) is 15.1. The van der Waals surface area contributed by atoms with E-state index in [9.17, 15) is 26.7 Å². The Hall–Kier alpha value is -2.96. The topological polar surface area (TPSA) is 82.1 Å². The van der Waals surface area contributed by atoms with Crippen LogP contribution in [0.5, 0.6) is 0 Å². The zero-order valence-electron chi connectivity index (χ0n) is 24.8. The highest BCUT2D eigenvalue weighted by molar-refractivity contribution is 7.91. The maximum Gasteiger partial charge on any atom is 0.416 e. The lowest BCUT2D eigenvalue weighted by Gasteiger charge is -2.34. The van der Waals surface area contributed by atoms with Gasteiger partial charge in [-0.2, -0.15) is 13.2 Å². The molecule has 2 heterocycles. The first-order chi connectivity index (χ1) is 21.1. The second-order valence-electron chi connectivity index (χ2n) is 11.5. The van der Waals surface area contributed by atoms with Crippen molar-refractivity contribution in [3.8, 4) is 0 Å². The van der Waals surface area contributed by atoms with Gasteiger partial charge >= 0.3 is 6.18 Å². The van der Waals surface area contributed by atoms with Gasteiger partial charge in [0, 0.05) is 50.4 Å². The highest BCUT2D eigenvalue weighted by atomic mass is 32.2. The summed E-state index contributed by atoms with van der Waals surface area (Å²) in [7, 11) is -3.29. The number of anilines is 1. The number of aliphatic hydroxyl groups is 1. The van der Waals surface area contributed by atoms with E-state index in [1.54, 1.807) is 43.3 Å². The number of benzene rings is 3. The van der Waals surface area contributed by atoms with Crippen molar-refractivity contribution in [2.24, 2.45) is 0 Å². The summed E-state index contributed by atoms with van der Waals surface area (Å²) in [5.41, 5.74) is 3.18. The van der Waals surface area contributed by atoms with Gasteiger partial charge in [-0.05, 0) is 59.5 Å². The minimum atomic E-state index is -4.35. The quantitative estimate of drug-likeness (QED) is 0.308. The Bertz CT molecular complexity index is 1460. The van der Waals surface area contributed by atoms with Crippen LogP contribution in [0.25, 0.3) is 0 Å². The molecule has 2 saturated heterocycles. The highest BCUT2D eigenvalue weighted by Crippen LogP contribution is 2.37. The van der Waals surface area contributed by atoms with Gasteiger partial charge in [0.15, 0.2) is 9.84 Å². The number of nitrogens with zero attached hydrogens (tertiary/aromatic N) is 2. The van der Waals surface area contributed by atoms with Crippen molar-refractivity contribution in [3.05, 3.63) is 95.1 Å². The smallest absolute Gasteiger partial charge is 0.394 e. The largest absolute Gasteiger partial charge is 0.416 e. The normalized spacial score (nSPS) is 20.6. The average molecular weight is 632 g/mol. The molecule has 0 bridgehead atoms. The number of sulfone groups is 1. The number of hydrogen-bond acceptors (Lipinski definition) is 7. The molecule has 11 heteroatoms. The Morgan fingerprint density at radius 3 is 2.23 bits per heavy atom. The molecule has 238 valence electrons. The molecule has 3 aromatic rings. The van der Waals surface area contributed by atoms with Gasteiger partial charge in [0.25, 0.3) is 0 Å². The van der Waals surface area contributed by atoms with Gasteiger partial charge in [-0.3, -0.25) is 4.90 Å². The molecule has 2 aliphatic rings. The number of rotatable bonds is 11. The summed E-state index contributed by atoms with van der Waals surface area (Å²) >= 11 is 0. The molecule has 5 rings (SSSR count). The Labute approximate surface area is 257 Å². The van der Waals surface area contributed by atoms with Crippen molar-refractivity contribution in [3.63, 3.8) is 0 Å². The van der Waals surface area contributed by atoms with Gasteiger partial charge < -0.3 is 20.1 Å². The molecule has 2 N–H and O–H groups in total. The Balaban J connectivity index is 1.26. The average Bonchev–Trinajstić information content (AvgIpc) is 3.45. The van der Waals surface area contributed by atoms with Crippen molar-refractivity contribution in [1.29, 1.82) is 0 Å². The maximum atomic E-state index is 13.1. The predicted molar refractivity (Wildman–Crippen MR) is 164 cm³/mol. The van der Waals surface area contributed by atoms with Crippen LogP contribution < -0.4 is 10.2 Å². The molecule has 7 nitrogen and oxygen atoms in total. The molecule has 1 unspecified atom stereocenters. The molecule has 44 heavy (non-hydrogen) atoms. The Kier molecular flexibility index (Phi) is 10.3. The second-order valence-corrected chi connectivity index (χ2v) is 13.8. The van der Waals surface area contributed by atoms with Crippen LogP contribution >= 0.6 is 0 Å². The molecule has 3 aromatic carbocycles. The minimum Gasteiger partial charge on any atom is -0.394 e. The van der Waals surface area contributed by atoms with E-state index in [1.165, 1.54) is 12.1 Å². The molecule has 2 aliphatic heterocycles. The van der Waals surface area contributed by atoms with Gasteiger partial charge in [-0.25, -0.2) is 8.42 Å². The van der Waals surface area contributed by atoms with E-state index in [-0.39, 0.29) is 35.3 Å². The van der Waals surface area contributed by atoms with Gasteiger partial charge in [0.05, 0.1) is 42.1 Å². The first-order valence-corrected chi connectivity index (χ1v) is 16.7. The van der Waals surface area contributed by atoms with Crippen LogP contribution in [0, 0.1) is 0 Å². The van der Waals surface area contributed by atoms with Gasteiger partial charge in [0.1, 0.15) is 0 Å². The third kappa shape index (κ3) is 7.81. The number of aliphatic hydroxyl groups excluding tert-OH is 1. The molecule has 0 saturated carbocycles. The highest BCUT2D eigenvalue weighted by Gasteiger charge is 2.35. The molecule has 2 fully saturated rings. The van der Waals surface area contributed by atoms with Crippen LogP contribution in [0.1, 0.15) is 47.6 Å². The summed E-state index contributed by atoms with van der Waals surface area (Å²) in [6.07, 6.45) is -3.50. The molecular weight excluding hydrogens is 591 g/mol. The summed E-state index contributed by atoms with van der Waals surface area (Å²) < 4.78 is 69.2. The SMILES string of the molecule is CCS(=O)(=O)c1ccc([C@H](CO)NCc2ccc(N3CC(c4ccc(C(F)(F)F)cc4)C[C@H]3CN3CCOCC3)cc2)cc1. The van der Waals surface area contributed by atoms with Gasteiger partial charge in [-0.15, -0.1) is 0 Å². The predicted octanol–water partition coefficient (Wildman–Crippen LogP) is 5.02. The number of halogens is 3. The summed E-state index contributed by atoms with van der Waals surface area (Å²) in [4.78, 5) is 5.04. The standard InChI is InChI=1S/C33H40F3N3O4S/c1-2-44(41,42)31-13-7-26(8-14-31)32(23-40)37-20-24-3-11-29(12-4-24)39-21-27(19-30(39)22-38-15-17-43-18-16-38)25-5-9-28(10-6-25)33(34,35)36/h3-14,27,30,32,37,40H,2,15-23H2,1H3/t27?,30-,32-/m0/s1. The van der Waals surface area contributed by atoms with Crippen LogP contribution in [-0.2, 0) is 27.3 Å². The Morgan fingerprint density at radius 1 is 0.977 bits per heavy atom. The fraction of sp³-hybridized carbons (Fsp3) is 0.455. The van der Waals surface area contributed by atoms with E-state index in [2.05, 4.69) is 27.2 Å². The van der Waals surface area contributed by atoms with E-state index in [0.717, 1.165) is 48.4 Å². The van der Waals surface area contributed by atoms with Crippen molar-refractivity contribution in [1.82, 2.24) is 10.2 Å². The van der Waals surface area contributed by atoms with E-state index in [0.29, 0.717) is 26.3 Å². The molecule has 0 spiro atoms. The van der Waals surface area contributed by atoms with E-state index in [4.69, 9.17) is 4.74 Å². The van der Waals surface area contributed by atoms with Gasteiger partial charge in [0.2, 0.25) is 0 Å². The number of morpholine rings is 1. The molecule has 0 aromatic heterocycles. The second kappa shape index (κ2) is 14.0. The zero-order valence-corrected chi connectivity index (χ0v) is 25.7. The van der Waals surface area contributed by atoms with E-state index < -0.39 is 21.6 Å². The van der Waals surface area contributed by atoms with Crippen LogP contribution in [0.15, 0.2) is 77.7 Å². The number of ether oxygens (including phenoxy) is 1. The molecular formula is C33H40F3N3O4S. The van der Waals surface area contributed by atoms with Crippen molar-refractivity contribution < 1.29 is 31.4 Å². The summed E-state index contributed by atoms with van der Waals surface area (Å²) in [6, 6.07) is 20.3. The summed E-state index contributed by atoms with van der Waals surface area (Å²) in [5, 5.41) is 13.4. The molecule has 0 amide bonds. The third-order valence-electron chi connectivity index (χ3n) is 8.72. The minimum absolute atomic E-state index is 0.0329. The van der Waals surface area contributed by atoms with Crippen molar-refractivity contribution in [2.45, 2.75) is 49.0 Å². The number of alkyl halides is 3. The third-order valence-corrected chi connectivity index (χ3v) is 10.5. The molecule has 0 aliphatic carbocycles. The zero-order chi connectivity index (χ0) is 31.3. The van der Waals surface area contributed by atoms with Crippen molar-refractivity contribution >= 4 is 15.5 Å². The summed E-state index contributed by atoms with van der Waals surface area (Å²) in [6.45, 7) is 6.69. The van der Waals surface area contributed by atoms with Crippen molar-refractivity contribution in [2.75, 3.05) is 56.7 Å². The van der Waals surface area contributed by atoms with Crippen LogP contribution in [0.3, 0.4) is 0 Å². The first kappa shape index (κ1) is 32.4. The fourth-order valence-corrected chi connectivity index (χ4v) is 6.97. The lowest BCUT2D eigenvalue weighted by Crippen LogP contribution is -2.45. The lowest BCUT2D eigenvalue weighted by molar-refractivity contribution is -0.137. The van der Waals surface area contributed by atoms with Gasteiger partial charge in [-0.1, -0.05) is 43.3 Å². The fourth-order valence-electron chi connectivity index (χ4n) is 6.08. The van der Waals surface area contributed by atoms with Crippen LogP contribution in [0.2, 0.25) is 0 Å². The van der Waals surface area contributed by atoms with E-state index in [1.807, 2.05) is 12.1 Å². The Morgan fingerprint density at radius 2 is 1.64 bits per heavy atom. The monoisotopic (exact) mass is 631 g/mol. The summed E-state index contributed by atoms with van der Waals surface area (Å²) in [5.74, 6) is 0.152. The van der Waals surface area contributed by atoms with Crippen LogP contribution in [-0.4, -0.2) is 76.2 Å². The maximum absolute atomic E-state index is 13.1. The van der Waals surface area contributed by atoms with Crippen LogP contribution in [0.4, 0.5) is 18.9 Å². The number of hydrogen-bond donors (Lipinski definition) is 2. The molecule has 0 radical (unpaired) electrons. The molecule has 3 atom stereocenters. The number of nitrogens with one attached hydrogen (secondary N) is 1.